The Morgan fingerprint density at radius 2 is 1.82 bits per heavy atom. The van der Waals surface area contributed by atoms with Crippen LogP contribution in [0.5, 0.6) is 0 Å². The number of nitrogens with zero attached hydrogens (tertiary/aromatic N) is 2. The van der Waals surface area contributed by atoms with Gasteiger partial charge < -0.3 is 5.32 Å². The van der Waals surface area contributed by atoms with E-state index >= 15 is 0 Å². The van der Waals surface area contributed by atoms with E-state index in [0.29, 0.717) is 35.2 Å². The first-order valence-electron chi connectivity index (χ1n) is 13.1. The Morgan fingerprint density at radius 3 is 2.66 bits per heavy atom. The van der Waals surface area contributed by atoms with Crippen LogP contribution >= 0.6 is 0 Å². The van der Waals surface area contributed by atoms with Crippen LogP contribution in [0.25, 0.3) is 21.9 Å². The molecule has 4 aromatic rings. The van der Waals surface area contributed by atoms with Gasteiger partial charge in [0, 0.05) is 29.8 Å². The van der Waals surface area contributed by atoms with Gasteiger partial charge in [-0.05, 0) is 53.8 Å². The minimum atomic E-state index is -0.333. The van der Waals surface area contributed by atoms with Crippen LogP contribution in [0.3, 0.4) is 0 Å². The first-order valence-corrected chi connectivity index (χ1v) is 13.1. The summed E-state index contributed by atoms with van der Waals surface area (Å²) in [4.78, 5) is 29.2. The summed E-state index contributed by atoms with van der Waals surface area (Å²) < 4.78 is 15.0. The van der Waals surface area contributed by atoms with Gasteiger partial charge in [0.25, 0.3) is 5.56 Å². The van der Waals surface area contributed by atoms with Gasteiger partial charge in [0.1, 0.15) is 11.7 Å². The van der Waals surface area contributed by atoms with E-state index < -0.39 is 0 Å². The molecule has 3 aromatic carbocycles. The number of hydrogen-bond acceptors (Lipinski definition) is 4. The van der Waals surface area contributed by atoms with Crippen LogP contribution in [0.2, 0.25) is 0 Å². The summed E-state index contributed by atoms with van der Waals surface area (Å²) >= 11 is 0. The van der Waals surface area contributed by atoms with Crippen molar-refractivity contribution in [3.63, 3.8) is 0 Å². The highest BCUT2D eigenvalue weighted by Crippen LogP contribution is 2.33. The number of benzene rings is 3. The highest BCUT2D eigenvalue weighted by Gasteiger charge is 2.21. The van der Waals surface area contributed by atoms with Crippen molar-refractivity contribution in [3.05, 3.63) is 93.7 Å². The summed E-state index contributed by atoms with van der Waals surface area (Å²) in [7, 11) is 0. The topological polar surface area (TPSA) is 99.2 Å². The van der Waals surface area contributed by atoms with Crippen molar-refractivity contribution in [3.8, 4) is 11.1 Å². The number of halogens is 1. The van der Waals surface area contributed by atoms with Crippen LogP contribution < -0.4 is 16.2 Å². The highest BCUT2D eigenvalue weighted by atomic mass is 19.1. The number of carbonyl (C=O) groups excluding carboxylic acids is 1. The van der Waals surface area contributed by atoms with E-state index in [-0.39, 0.29) is 23.4 Å². The smallest absolute Gasteiger partial charge is 0.320 e. The van der Waals surface area contributed by atoms with E-state index in [4.69, 9.17) is 0 Å². The fourth-order valence-electron chi connectivity index (χ4n) is 5.43. The zero-order valence-electron chi connectivity index (χ0n) is 20.9. The fourth-order valence-corrected chi connectivity index (χ4v) is 5.43. The third-order valence-electron chi connectivity index (χ3n) is 7.39. The maximum Gasteiger partial charge on any atom is 0.320 e. The minimum absolute atomic E-state index is 0.217. The molecule has 0 radical (unpaired) electrons. The van der Waals surface area contributed by atoms with E-state index in [1.807, 2.05) is 42.5 Å². The van der Waals surface area contributed by atoms with Crippen LogP contribution in [0.4, 0.5) is 14.9 Å². The van der Waals surface area contributed by atoms with Crippen LogP contribution in [-0.4, -0.2) is 28.1 Å². The molecule has 192 valence electrons. The van der Waals surface area contributed by atoms with Crippen LogP contribution in [0.1, 0.15) is 48.9 Å². The molecule has 1 saturated carbocycles. The number of aromatic nitrogens is 2. The summed E-state index contributed by atoms with van der Waals surface area (Å²) in [5.41, 5.74) is 4.25. The first-order chi connectivity index (χ1) is 18.5. The molecule has 6 rings (SSSR count). The number of hydrogen-bond donors (Lipinski definition) is 3. The molecule has 0 spiro atoms. The van der Waals surface area contributed by atoms with Gasteiger partial charge in [0.05, 0.1) is 16.8 Å². The van der Waals surface area contributed by atoms with E-state index in [1.54, 1.807) is 12.1 Å². The highest BCUT2D eigenvalue weighted by molar-refractivity contribution is 6.02. The lowest BCUT2D eigenvalue weighted by molar-refractivity contribution is 0.237. The minimum Gasteiger partial charge on any atom is -0.335 e. The van der Waals surface area contributed by atoms with Crippen LogP contribution in [0, 0.1) is 5.82 Å². The predicted molar refractivity (Wildman–Crippen MR) is 146 cm³/mol. The number of H-pyrrole nitrogens is 1. The van der Waals surface area contributed by atoms with E-state index in [2.05, 4.69) is 25.8 Å². The number of aromatic amines is 1. The second kappa shape index (κ2) is 10.2. The van der Waals surface area contributed by atoms with Gasteiger partial charge in [-0.3, -0.25) is 10.1 Å². The van der Waals surface area contributed by atoms with E-state index in [9.17, 15) is 14.0 Å². The van der Waals surface area contributed by atoms with Gasteiger partial charge in [-0.25, -0.2) is 19.3 Å². The lowest BCUT2D eigenvalue weighted by Crippen LogP contribution is -2.45. The van der Waals surface area contributed by atoms with Crippen molar-refractivity contribution in [2.75, 3.05) is 0 Å². The number of fused-ring (bicyclic) bond motifs is 2. The Balaban J connectivity index is 1.22. The first kappa shape index (κ1) is 24.0. The second-order valence-corrected chi connectivity index (χ2v) is 10.0. The molecule has 2 amide bonds. The van der Waals surface area contributed by atoms with Crippen LogP contribution in [0.15, 0.2) is 70.5 Å². The summed E-state index contributed by atoms with van der Waals surface area (Å²) in [6, 6.07) is 18.0. The van der Waals surface area contributed by atoms with Gasteiger partial charge in [-0.1, -0.05) is 55.7 Å². The summed E-state index contributed by atoms with van der Waals surface area (Å²) in [6.07, 6.45) is 6.53. The molecule has 0 unspecified atom stereocenters. The van der Waals surface area contributed by atoms with E-state index in [0.717, 1.165) is 53.6 Å². The number of rotatable bonds is 4. The Kier molecular flexibility index (Phi) is 6.45. The number of aliphatic imine (C=N–C) groups is 1. The maximum atomic E-state index is 15.0. The lowest BCUT2D eigenvalue weighted by atomic mass is 9.96. The van der Waals surface area contributed by atoms with Crippen molar-refractivity contribution in [1.29, 1.82) is 0 Å². The molecule has 1 aliphatic heterocycles. The molecular weight excluding hydrogens is 481 g/mol. The zero-order chi connectivity index (χ0) is 26.1. The average Bonchev–Trinajstić information content (AvgIpc) is 3.33. The third-order valence-corrected chi connectivity index (χ3v) is 7.39. The number of amides is 2. The number of carbonyl (C=O) groups is 1. The molecule has 1 aliphatic carbocycles. The van der Waals surface area contributed by atoms with Gasteiger partial charge in [-0.2, -0.15) is 5.10 Å². The summed E-state index contributed by atoms with van der Waals surface area (Å²) in [6.45, 7) is 0. The van der Waals surface area contributed by atoms with Crippen LogP contribution in [-0.2, 0) is 12.8 Å². The van der Waals surface area contributed by atoms with Gasteiger partial charge >= 0.3 is 6.03 Å². The zero-order valence-corrected chi connectivity index (χ0v) is 20.9. The molecular formula is C30H28FN5O2. The molecule has 1 aromatic heterocycles. The van der Waals surface area contributed by atoms with Gasteiger partial charge in [0.15, 0.2) is 0 Å². The Morgan fingerprint density at radius 1 is 1.00 bits per heavy atom. The summed E-state index contributed by atoms with van der Waals surface area (Å²) in [5, 5.41) is 14.1. The maximum absolute atomic E-state index is 15.0. The average molecular weight is 510 g/mol. The number of nitrogens with one attached hydrogen (secondary N) is 3. The lowest BCUT2D eigenvalue weighted by Gasteiger charge is -2.22. The Labute approximate surface area is 219 Å². The molecule has 2 heterocycles. The molecule has 7 nitrogen and oxygen atoms in total. The number of amidine groups is 1. The van der Waals surface area contributed by atoms with Crippen molar-refractivity contribution in [2.45, 2.75) is 51.0 Å². The third kappa shape index (κ3) is 4.94. The molecule has 3 N–H and O–H groups in total. The molecule has 8 heteroatoms. The fraction of sp³-hybridized carbons (Fsp3) is 0.267. The molecule has 2 aliphatic rings. The molecule has 0 atom stereocenters. The molecule has 1 fully saturated rings. The van der Waals surface area contributed by atoms with Gasteiger partial charge in [-0.15, -0.1) is 0 Å². The number of urea groups is 1. The van der Waals surface area contributed by atoms with Gasteiger partial charge in [0.2, 0.25) is 0 Å². The second-order valence-electron chi connectivity index (χ2n) is 10.0. The monoisotopic (exact) mass is 509 g/mol. The standard InChI is InChI=1S/C30H28FN5O2/c31-25-13-10-18(15-27-22-8-4-5-9-23(22)29(37)36-35-27)14-24(25)19-11-12-20-17-28(33-26(20)16-19)34-30(38)32-21-6-2-1-3-7-21/h4-5,8-14,16,21H,1-3,6-7,15,17H2,(H,36,37)(H2,32,33,34,38). The normalized spacial score (nSPS) is 15.2. The van der Waals surface area contributed by atoms with Crippen molar-refractivity contribution < 1.29 is 9.18 Å². The quantitative estimate of drug-likeness (QED) is 0.337. The molecule has 38 heavy (non-hydrogen) atoms. The Bertz CT molecular complexity index is 1620. The molecule has 0 saturated heterocycles. The van der Waals surface area contributed by atoms with E-state index in [1.165, 1.54) is 12.5 Å². The Hall–Kier alpha value is -4.33. The van der Waals surface area contributed by atoms with Crippen molar-refractivity contribution in [1.82, 2.24) is 20.8 Å². The van der Waals surface area contributed by atoms with Crippen molar-refractivity contribution in [2.24, 2.45) is 4.99 Å². The SMILES string of the molecule is O=C(NC1=Nc2cc(-c3cc(Cc4n[nH]c(=O)c5ccccc45)ccc3F)ccc2C1)NC1CCCCC1. The predicted octanol–water partition coefficient (Wildman–Crippen LogP) is 5.54. The van der Waals surface area contributed by atoms with Crippen molar-refractivity contribution >= 4 is 28.3 Å². The largest absolute Gasteiger partial charge is 0.335 e. The summed E-state index contributed by atoms with van der Waals surface area (Å²) in [5.74, 6) is 0.260. The molecule has 0 bridgehead atoms.